The molecule has 0 fully saturated rings. The molecule has 2 heterocycles. The molecule has 0 aromatic heterocycles. The summed E-state index contributed by atoms with van der Waals surface area (Å²) in [7, 11) is -4.71. The summed E-state index contributed by atoms with van der Waals surface area (Å²) >= 11 is 0. The van der Waals surface area contributed by atoms with E-state index in [1.54, 1.807) is 6.07 Å². The molecule has 0 bridgehead atoms. The third-order valence-corrected chi connectivity index (χ3v) is 17.2. The van der Waals surface area contributed by atoms with E-state index >= 15 is 0 Å². The third-order valence-electron chi connectivity index (χ3n) is 16.3. The molecule has 0 spiro atoms. The maximum atomic E-state index is 12.8. The van der Waals surface area contributed by atoms with Crippen LogP contribution < -0.4 is 25.6 Å². The molecule has 93 heavy (non-hydrogen) atoms. The van der Waals surface area contributed by atoms with Crippen LogP contribution in [0.15, 0.2) is 125 Å². The number of fused-ring (bicyclic) bond motifs is 2. The van der Waals surface area contributed by atoms with Gasteiger partial charge in [-0.1, -0.05) is 76.1 Å². The van der Waals surface area contributed by atoms with Crippen LogP contribution in [0.5, 0.6) is 5.75 Å². The van der Waals surface area contributed by atoms with E-state index in [9.17, 15) is 46.8 Å². The zero-order valence-electron chi connectivity index (χ0n) is 54.3. The van der Waals surface area contributed by atoms with Gasteiger partial charge in [0.05, 0.1) is 63.2 Å². The van der Waals surface area contributed by atoms with Gasteiger partial charge in [-0.15, -0.1) is 0 Å². The molecule has 24 heteroatoms. The van der Waals surface area contributed by atoms with Crippen LogP contribution in [0.1, 0.15) is 142 Å². The van der Waals surface area contributed by atoms with Gasteiger partial charge in [0.2, 0.25) is 23.8 Å². The number of carboxylic acids is 2. The quantitative estimate of drug-likeness (QED) is 0.0116. The number of para-hydroxylation sites is 2. The number of nitrogens with one attached hydrogen (secondary N) is 3. The van der Waals surface area contributed by atoms with E-state index < -0.39 is 52.3 Å². The van der Waals surface area contributed by atoms with Crippen molar-refractivity contribution in [3.63, 3.8) is 0 Å². The fourth-order valence-corrected chi connectivity index (χ4v) is 11.9. The summed E-state index contributed by atoms with van der Waals surface area (Å²) in [6.07, 6.45) is 13.7. The Bertz CT molecular complexity index is 3270. The minimum absolute atomic E-state index is 0.0688. The Balaban J connectivity index is 0.880. The summed E-state index contributed by atoms with van der Waals surface area (Å²) in [5.41, 5.74) is 7.66. The molecule has 5 N–H and O–H groups in total. The van der Waals surface area contributed by atoms with Crippen molar-refractivity contribution in [3.8, 4) is 5.75 Å². The molecule has 23 nitrogen and oxygen atoms in total. The Kier molecular flexibility index (Phi) is 30.2. The minimum Gasteiger partial charge on any atom is -0.744 e. The van der Waals surface area contributed by atoms with Crippen molar-refractivity contribution in [2.24, 2.45) is 0 Å². The highest BCUT2D eigenvalue weighted by atomic mass is 32.2. The van der Waals surface area contributed by atoms with Crippen LogP contribution >= 0.6 is 0 Å². The second-order valence-electron chi connectivity index (χ2n) is 23.9. The zero-order valence-corrected chi connectivity index (χ0v) is 55.1. The molecular weight excluding hydrogens is 1220 g/mol. The predicted octanol–water partition coefficient (Wildman–Crippen LogP) is 9.41. The molecule has 0 saturated heterocycles. The maximum Gasteiger partial charge on any atom is 0.410 e. The van der Waals surface area contributed by atoms with Gasteiger partial charge in [-0.25, -0.2) is 18.0 Å². The highest BCUT2D eigenvalue weighted by molar-refractivity contribution is 7.85. The van der Waals surface area contributed by atoms with Crippen molar-refractivity contribution in [3.05, 3.63) is 131 Å². The smallest absolute Gasteiger partial charge is 0.410 e. The molecule has 1 aliphatic carbocycles. The maximum absolute atomic E-state index is 12.8. The SMILES string of the molecule is CCCC[N+]1=C(/C=C/C2=C(Oc3ccccc3)C(=C/C=C3/N(CCCCCC(=O)NCCOCCOCCOCCOCCC(=O)NCCCC[C@@H](OC=O)OC(=O)N[C@@H](CCC(=O)O)C(=O)O)c4ccc(S(=O)(=O)[O-])cc4C3(C)C)/CCC2)C(C)(C)c2ccccc21. The topological polar surface area (TPSA) is 307 Å². The van der Waals surface area contributed by atoms with E-state index in [4.69, 9.17) is 38.3 Å². The number of benzene rings is 3. The fraction of sp³-hybridized carbons (Fsp3) is 0.522. The lowest BCUT2D eigenvalue weighted by Crippen LogP contribution is -2.42. The summed E-state index contributed by atoms with van der Waals surface area (Å²) in [6.45, 7) is 15.6. The highest BCUT2D eigenvalue weighted by Crippen LogP contribution is 2.49. The van der Waals surface area contributed by atoms with Crippen LogP contribution in [0.2, 0.25) is 0 Å². The van der Waals surface area contributed by atoms with Gasteiger partial charge in [0, 0.05) is 86.2 Å². The lowest BCUT2D eigenvalue weighted by Gasteiger charge is -2.27. The second-order valence-corrected chi connectivity index (χ2v) is 25.3. The number of allylic oxidation sites excluding steroid dienone is 7. The molecule has 2 atom stereocenters. The monoisotopic (exact) mass is 1310 g/mol. The number of anilines is 1. The molecular formula is C69H93N5O18S. The number of amides is 3. The predicted molar refractivity (Wildman–Crippen MR) is 347 cm³/mol. The van der Waals surface area contributed by atoms with E-state index in [0.29, 0.717) is 78.4 Å². The highest BCUT2D eigenvalue weighted by Gasteiger charge is 2.44. The van der Waals surface area contributed by atoms with Crippen molar-refractivity contribution in [2.75, 3.05) is 83.9 Å². The van der Waals surface area contributed by atoms with Gasteiger partial charge >= 0.3 is 18.0 Å². The number of carboxylic acid groups (broad SMARTS) is 2. The standard InChI is InChI=1S/C69H93N5O18S/c1-6-7-38-73-57-24-14-13-23-54(57)68(2,3)59(73)32-27-50-19-18-20-51(65(50)91-52-21-10-8-11-22-52)28-33-60-69(4,5)55-48-53(93(83,84)85)29-31-58(55)74(60)39-17-9-12-25-61(76)71-37-41-87-43-45-89-47-46-88-44-42-86-40-35-62(77)70-36-16-15-26-64(90-49-75)92-67(82)72-56(66(80)81)30-34-63(78)79/h8,10-11,13-14,21-24,27-29,31-33,48-49,56,64H,6-7,9,12,15-20,25-26,30,34-47H2,1-5H3,(H5-,70,71,72,76,77,78,79,80,81,82,83,84,85)/t56-,64-/m0/s1. The summed E-state index contributed by atoms with van der Waals surface area (Å²) in [6, 6.07) is 21.7. The largest absolute Gasteiger partial charge is 0.744 e. The Morgan fingerprint density at radius 1 is 0.710 bits per heavy atom. The van der Waals surface area contributed by atoms with Crippen molar-refractivity contribution in [2.45, 2.75) is 159 Å². The Hall–Kier alpha value is -7.74. The molecule has 2 aliphatic heterocycles. The lowest BCUT2D eigenvalue weighted by atomic mass is 9.81. The number of nitrogens with zero attached hydrogens (tertiary/aromatic N) is 2. The summed E-state index contributed by atoms with van der Waals surface area (Å²) in [4.78, 5) is 72.0. The molecule has 0 saturated carbocycles. The first kappa shape index (κ1) is 74.3. The molecule has 3 aromatic carbocycles. The molecule has 3 aliphatic rings. The van der Waals surface area contributed by atoms with Gasteiger partial charge in [0.1, 0.15) is 34.2 Å². The number of unbranched alkanes of at least 4 members (excludes halogenated alkanes) is 4. The number of rotatable bonds is 43. The zero-order chi connectivity index (χ0) is 67.2. The van der Waals surface area contributed by atoms with Gasteiger partial charge in [0.15, 0.2) is 5.71 Å². The van der Waals surface area contributed by atoms with Gasteiger partial charge in [-0.05, 0) is 124 Å². The number of hydrogen-bond acceptors (Lipinski definition) is 17. The van der Waals surface area contributed by atoms with Crippen molar-refractivity contribution < 1.29 is 89.7 Å². The van der Waals surface area contributed by atoms with Crippen molar-refractivity contribution in [1.82, 2.24) is 16.0 Å². The van der Waals surface area contributed by atoms with E-state index in [1.807, 2.05) is 35.6 Å². The van der Waals surface area contributed by atoms with Crippen LogP contribution in [-0.4, -0.2) is 161 Å². The number of alkyl carbamates (subject to hydrolysis) is 1. The summed E-state index contributed by atoms with van der Waals surface area (Å²) < 4.78 is 78.2. The van der Waals surface area contributed by atoms with E-state index in [0.717, 1.165) is 91.1 Å². The lowest BCUT2D eigenvalue weighted by molar-refractivity contribution is -0.438. The second kappa shape index (κ2) is 37.8. The number of aliphatic carboxylic acids is 2. The van der Waals surface area contributed by atoms with E-state index in [2.05, 4.69) is 103 Å². The van der Waals surface area contributed by atoms with Gasteiger partial charge < -0.3 is 68.8 Å². The first-order valence-corrected chi connectivity index (χ1v) is 33.6. The van der Waals surface area contributed by atoms with Gasteiger partial charge in [-0.2, -0.15) is 4.58 Å². The Morgan fingerprint density at radius 3 is 2.08 bits per heavy atom. The number of hydrogen-bond donors (Lipinski definition) is 5. The van der Waals surface area contributed by atoms with Gasteiger partial charge in [0.25, 0.3) is 6.47 Å². The molecule has 6 rings (SSSR count). The van der Waals surface area contributed by atoms with Crippen LogP contribution in [0.4, 0.5) is 16.2 Å². The van der Waals surface area contributed by atoms with Crippen molar-refractivity contribution >= 4 is 63.5 Å². The summed E-state index contributed by atoms with van der Waals surface area (Å²) in [5, 5.41) is 25.7. The first-order chi connectivity index (χ1) is 44.6. The molecule has 3 amide bonds. The Labute approximate surface area is 546 Å². The molecule has 3 aromatic rings. The van der Waals surface area contributed by atoms with Gasteiger partial charge in [-0.3, -0.25) is 19.2 Å². The average molecular weight is 1310 g/mol. The normalized spacial score (nSPS) is 16.5. The van der Waals surface area contributed by atoms with E-state index in [1.165, 1.54) is 29.1 Å². The van der Waals surface area contributed by atoms with Crippen LogP contribution in [0, 0.1) is 0 Å². The van der Waals surface area contributed by atoms with E-state index in [-0.39, 0.29) is 67.6 Å². The fourth-order valence-electron chi connectivity index (χ4n) is 11.4. The summed E-state index contributed by atoms with van der Waals surface area (Å²) in [5.74, 6) is -1.45. The van der Waals surface area contributed by atoms with Crippen LogP contribution in [0.25, 0.3) is 0 Å². The minimum atomic E-state index is -4.71. The average Bonchev–Trinajstić information content (AvgIpc) is 1.61. The van der Waals surface area contributed by atoms with Crippen LogP contribution in [-0.2, 0) is 73.3 Å². The number of carbonyl (C=O) groups excluding carboxylic acids is 4. The first-order valence-electron chi connectivity index (χ1n) is 32.2. The molecule has 508 valence electrons. The van der Waals surface area contributed by atoms with Crippen LogP contribution in [0.3, 0.4) is 0 Å². The number of carbonyl (C=O) groups is 6. The Morgan fingerprint density at radius 2 is 1.39 bits per heavy atom. The van der Waals surface area contributed by atoms with Crippen molar-refractivity contribution in [1.29, 1.82) is 0 Å². The third kappa shape index (κ3) is 23.4. The number of ether oxygens (including phenoxy) is 7. The molecule has 0 radical (unpaired) electrons. The molecule has 0 unspecified atom stereocenters.